The van der Waals surface area contributed by atoms with Gasteiger partial charge in [-0.1, -0.05) is 12.1 Å². The van der Waals surface area contributed by atoms with E-state index in [1.165, 1.54) is 27.0 Å². The lowest BCUT2D eigenvalue weighted by atomic mass is 10.1. The molecule has 0 spiro atoms. The summed E-state index contributed by atoms with van der Waals surface area (Å²) < 4.78 is 5.79. The fourth-order valence-corrected chi connectivity index (χ4v) is 4.92. The van der Waals surface area contributed by atoms with Crippen LogP contribution in [0.25, 0.3) is 10.2 Å². The van der Waals surface area contributed by atoms with Gasteiger partial charge < -0.3 is 15.4 Å². The Morgan fingerprint density at radius 1 is 1.30 bits per heavy atom. The first-order valence-corrected chi connectivity index (χ1v) is 9.58. The normalized spacial score (nSPS) is 17.3. The molecule has 0 saturated heterocycles. The molecule has 1 unspecified atom stereocenters. The first kappa shape index (κ1) is 20.1. The van der Waals surface area contributed by atoms with Crippen molar-refractivity contribution in [1.29, 1.82) is 0 Å². The first-order chi connectivity index (χ1) is 12.3. The van der Waals surface area contributed by atoms with Crippen molar-refractivity contribution < 1.29 is 4.74 Å². The molecule has 3 aromatic rings. The highest BCUT2D eigenvalue weighted by Crippen LogP contribution is 2.36. The number of fused-ring (bicyclic) bond motifs is 4. The van der Waals surface area contributed by atoms with Crippen LogP contribution in [0.4, 0.5) is 5.82 Å². The van der Waals surface area contributed by atoms with E-state index in [4.69, 9.17) is 4.74 Å². The predicted octanol–water partition coefficient (Wildman–Crippen LogP) is 4.12. The first-order valence-electron chi connectivity index (χ1n) is 8.76. The molecule has 0 aliphatic carbocycles. The Hall–Kier alpha value is -1.60. The average Bonchev–Trinajstić information content (AvgIpc) is 3.18. The Kier molecular flexibility index (Phi) is 6.11. The Bertz CT molecular complexity index is 962. The maximum Gasteiger partial charge on any atom is 0.138 e. The third kappa shape index (κ3) is 3.72. The minimum absolute atomic E-state index is 0. The zero-order valence-electron chi connectivity index (χ0n) is 14.9. The molecule has 0 radical (unpaired) electrons. The molecule has 2 N–H and O–H groups in total. The number of aromatic nitrogens is 2. The number of ether oxygens (including phenoxy) is 1. The molecule has 0 bridgehead atoms. The summed E-state index contributed by atoms with van der Waals surface area (Å²) in [6, 6.07) is 6.47. The second kappa shape index (κ2) is 8.19. The summed E-state index contributed by atoms with van der Waals surface area (Å²) in [4.78, 5) is 11.5. The van der Waals surface area contributed by atoms with Gasteiger partial charge in [-0.25, -0.2) is 9.97 Å². The Balaban J connectivity index is 0.00000105. The van der Waals surface area contributed by atoms with Crippen LogP contribution in [0.5, 0.6) is 5.75 Å². The zero-order valence-corrected chi connectivity index (χ0v) is 17.4. The van der Waals surface area contributed by atoms with Crippen LogP contribution < -0.4 is 15.4 Å². The van der Waals surface area contributed by atoms with E-state index < -0.39 is 0 Å². The molecule has 5 rings (SSSR count). The second-order valence-electron chi connectivity index (χ2n) is 6.76. The summed E-state index contributed by atoms with van der Waals surface area (Å²) in [7, 11) is 0. The van der Waals surface area contributed by atoms with Crippen molar-refractivity contribution in [3.05, 3.63) is 46.1 Å². The molecule has 0 fully saturated rings. The van der Waals surface area contributed by atoms with Crippen molar-refractivity contribution in [2.45, 2.75) is 39.0 Å². The number of benzene rings is 1. The van der Waals surface area contributed by atoms with Crippen LogP contribution in [0.1, 0.15) is 28.5 Å². The maximum absolute atomic E-state index is 5.79. The largest absolute Gasteiger partial charge is 0.490 e. The fraction of sp³-hybridized carbons (Fsp3) is 0.368. The number of nitrogens with one attached hydrogen (secondary N) is 2. The van der Waals surface area contributed by atoms with Gasteiger partial charge in [0.05, 0.1) is 5.39 Å². The summed E-state index contributed by atoms with van der Waals surface area (Å²) in [6.07, 6.45) is 3.99. The number of halogens is 2. The quantitative estimate of drug-likeness (QED) is 0.661. The number of thiophene rings is 1. The lowest BCUT2D eigenvalue weighted by Crippen LogP contribution is -2.22. The van der Waals surface area contributed by atoms with Crippen molar-refractivity contribution in [1.82, 2.24) is 15.3 Å². The van der Waals surface area contributed by atoms with E-state index in [-0.39, 0.29) is 30.9 Å². The molecule has 144 valence electrons. The van der Waals surface area contributed by atoms with Crippen molar-refractivity contribution in [3.63, 3.8) is 0 Å². The van der Waals surface area contributed by atoms with E-state index >= 15 is 0 Å². The van der Waals surface area contributed by atoms with Crippen molar-refractivity contribution in [3.8, 4) is 5.75 Å². The van der Waals surface area contributed by atoms with Crippen molar-refractivity contribution in [2.24, 2.45) is 0 Å². The van der Waals surface area contributed by atoms with Gasteiger partial charge in [0.25, 0.3) is 0 Å². The molecule has 0 saturated carbocycles. The number of hydrogen-bond donors (Lipinski definition) is 2. The number of rotatable bonds is 3. The SMILES string of the molecule is CC1Cc2cc(CNc3ncnc4sc5c(c34)CCNC5)ccc2O1.Cl.Cl. The molecule has 2 aromatic heterocycles. The molecule has 4 heterocycles. The third-order valence-corrected chi connectivity index (χ3v) is 6.07. The van der Waals surface area contributed by atoms with Crippen LogP contribution in [-0.2, 0) is 25.9 Å². The molecule has 1 atom stereocenters. The van der Waals surface area contributed by atoms with Gasteiger partial charge in [-0.2, -0.15) is 0 Å². The Morgan fingerprint density at radius 2 is 2.19 bits per heavy atom. The number of hydrogen-bond acceptors (Lipinski definition) is 6. The van der Waals surface area contributed by atoms with E-state index in [1.807, 2.05) is 0 Å². The zero-order chi connectivity index (χ0) is 16.8. The molecular formula is C19H22Cl2N4OS. The molecular weight excluding hydrogens is 403 g/mol. The standard InChI is InChI=1S/C19H20N4OS.2ClH/c1-11-6-13-7-12(2-3-15(13)24-11)8-21-18-17-14-4-5-20-9-16(14)25-19(17)23-10-22-18;;/h2-3,7,10-11,20H,4-6,8-9H2,1H3,(H,21,22,23);2*1H. The fourth-order valence-electron chi connectivity index (χ4n) is 3.76. The third-order valence-electron chi connectivity index (χ3n) is 4.93. The lowest BCUT2D eigenvalue weighted by Gasteiger charge is -2.14. The van der Waals surface area contributed by atoms with Gasteiger partial charge >= 0.3 is 0 Å². The average molecular weight is 425 g/mol. The molecule has 8 heteroatoms. The van der Waals surface area contributed by atoms with Gasteiger partial charge in [-0.15, -0.1) is 36.2 Å². The van der Waals surface area contributed by atoms with Gasteiger partial charge in [0, 0.05) is 24.4 Å². The second-order valence-corrected chi connectivity index (χ2v) is 7.84. The molecule has 1 aromatic carbocycles. The molecule has 5 nitrogen and oxygen atoms in total. The summed E-state index contributed by atoms with van der Waals surface area (Å²) in [5.41, 5.74) is 3.98. The molecule has 2 aliphatic heterocycles. The molecule has 0 amide bonds. The van der Waals surface area contributed by atoms with Crippen LogP contribution in [0.3, 0.4) is 0 Å². The van der Waals surface area contributed by atoms with Crippen molar-refractivity contribution in [2.75, 3.05) is 11.9 Å². The lowest BCUT2D eigenvalue weighted by molar-refractivity contribution is 0.254. The molecule has 2 aliphatic rings. The predicted molar refractivity (Wildman–Crippen MR) is 115 cm³/mol. The minimum atomic E-state index is 0. The van der Waals surface area contributed by atoms with Gasteiger partial charge in [-0.3, -0.25) is 0 Å². The van der Waals surface area contributed by atoms with E-state index in [2.05, 4.69) is 45.7 Å². The van der Waals surface area contributed by atoms with Gasteiger partial charge in [-0.05, 0) is 42.6 Å². The Morgan fingerprint density at radius 3 is 3.07 bits per heavy atom. The van der Waals surface area contributed by atoms with Gasteiger partial charge in [0.1, 0.15) is 28.8 Å². The van der Waals surface area contributed by atoms with Crippen LogP contribution in [0, 0.1) is 0 Å². The van der Waals surface area contributed by atoms with Crippen LogP contribution in [0.2, 0.25) is 0 Å². The minimum Gasteiger partial charge on any atom is -0.490 e. The maximum atomic E-state index is 5.79. The highest BCUT2D eigenvalue weighted by atomic mass is 35.5. The van der Waals surface area contributed by atoms with Crippen LogP contribution >= 0.6 is 36.2 Å². The monoisotopic (exact) mass is 424 g/mol. The number of nitrogens with zero attached hydrogens (tertiary/aromatic N) is 2. The van der Waals surface area contributed by atoms with E-state index in [0.29, 0.717) is 0 Å². The topological polar surface area (TPSA) is 59.1 Å². The molecule has 27 heavy (non-hydrogen) atoms. The summed E-state index contributed by atoms with van der Waals surface area (Å²) in [5, 5.41) is 8.18. The summed E-state index contributed by atoms with van der Waals surface area (Å²) in [5.74, 6) is 1.98. The van der Waals surface area contributed by atoms with Crippen LogP contribution in [0.15, 0.2) is 24.5 Å². The smallest absolute Gasteiger partial charge is 0.138 e. The van der Waals surface area contributed by atoms with Gasteiger partial charge in [0.15, 0.2) is 0 Å². The number of anilines is 1. The van der Waals surface area contributed by atoms with Gasteiger partial charge in [0.2, 0.25) is 0 Å². The Labute approximate surface area is 174 Å². The highest BCUT2D eigenvalue weighted by Gasteiger charge is 2.21. The summed E-state index contributed by atoms with van der Waals surface area (Å²) in [6.45, 7) is 4.84. The van der Waals surface area contributed by atoms with E-state index in [0.717, 1.165) is 48.9 Å². The summed E-state index contributed by atoms with van der Waals surface area (Å²) >= 11 is 1.78. The highest BCUT2D eigenvalue weighted by molar-refractivity contribution is 7.18. The van der Waals surface area contributed by atoms with E-state index in [9.17, 15) is 0 Å². The van der Waals surface area contributed by atoms with Crippen LogP contribution in [-0.4, -0.2) is 22.6 Å². The van der Waals surface area contributed by atoms with Crippen molar-refractivity contribution >= 4 is 52.2 Å². The van der Waals surface area contributed by atoms with E-state index in [1.54, 1.807) is 17.7 Å².